The minimum Gasteiger partial charge on any atom is -0.347 e. The predicted octanol–water partition coefficient (Wildman–Crippen LogP) is 2.43. The summed E-state index contributed by atoms with van der Waals surface area (Å²) >= 11 is 0. The van der Waals surface area contributed by atoms with E-state index >= 15 is 0 Å². The minimum atomic E-state index is 0.119. The molecule has 28 heavy (non-hydrogen) atoms. The maximum absolute atomic E-state index is 12.2. The zero-order valence-electron chi connectivity index (χ0n) is 18.7. The Morgan fingerprint density at radius 1 is 0.679 bits per heavy atom. The van der Waals surface area contributed by atoms with Gasteiger partial charge in [0.2, 0.25) is 11.8 Å². The Morgan fingerprint density at radius 2 is 1.04 bits per heavy atom. The number of carbonyl (C=O) groups is 2. The third-order valence-corrected chi connectivity index (χ3v) is 6.32. The van der Waals surface area contributed by atoms with Gasteiger partial charge in [-0.3, -0.25) is 19.4 Å². The molecular formula is C22H42N4O2. The fraction of sp³-hybridized carbons (Fsp3) is 0.909. The molecule has 0 bridgehead atoms. The number of likely N-dealkylation sites (N-methyl/N-ethyl adjacent to an activating group) is 2. The van der Waals surface area contributed by atoms with E-state index in [1.54, 1.807) is 9.80 Å². The summed E-state index contributed by atoms with van der Waals surface area (Å²) in [5.74, 6) is 0.538. The van der Waals surface area contributed by atoms with Gasteiger partial charge in [-0.15, -0.1) is 0 Å². The Balaban J connectivity index is 1.52. The topological polar surface area (TPSA) is 47.1 Å². The van der Waals surface area contributed by atoms with Gasteiger partial charge in [0, 0.05) is 28.2 Å². The van der Waals surface area contributed by atoms with Crippen molar-refractivity contribution in [3.05, 3.63) is 0 Å². The van der Waals surface area contributed by atoms with Gasteiger partial charge in [-0.25, -0.2) is 0 Å². The molecule has 2 atom stereocenters. The molecule has 2 rings (SSSR count). The highest BCUT2D eigenvalue weighted by molar-refractivity contribution is 5.82. The van der Waals surface area contributed by atoms with Crippen molar-refractivity contribution in [2.75, 3.05) is 54.4 Å². The number of amides is 2. The molecule has 6 heteroatoms. The molecule has 0 saturated carbocycles. The van der Waals surface area contributed by atoms with E-state index in [1.165, 1.54) is 38.5 Å². The summed E-state index contributed by atoms with van der Waals surface area (Å²) in [6.45, 7) is 4.28. The molecule has 0 N–H and O–H groups in total. The van der Waals surface area contributed by atoms with Crippen molar-refractivity contribution in [3.8, 4) is 0 Å². The highest BCUT2D eigenvalue weighted by atomic mass is 16.2. The van der Waals surface area contributed by atoms with Crippen LogP contribution in [0.2, 0.25) is 0 Å². The second-order valence-electron chi connectivity index (χ2n) is 8.97. The van der Waals surface area contributed by atoms with Gasteiger partial charge in [-0.05, 0) is 64.7 Å². The van der Waals surface area contributed by atoms with E-state index in [9.17, 15) is 9.59 Å². The number of unbranched alkanes of at least 4 members (excludes halogenated alkanes) is 5. The largest absolute Gasteiger partial charge is 0.347 e. The highest BCUT2D eigenvalue weighted by Gasteiger charge is 2.31. The Labute approximate surface area is 172 Å². The van der Waals surface area contributed by atoms with Crippen molar-refractivity contribution < 1.29 is 9.59 Å². The van der Waals surface area contributed by atoms with Gasteiger partial charge in [0.25, 0.3) is 0 Å². The minimum absolute atomic E-state index is 0.119. The Bertz CT molecular complexity index is 451. The summed E-state index contributed by atoms with van der Waals surface area (Å²) in [6, 6.07) is 0.238. The number of hydrogen-bond acceptors (Lipinski definition) is 4. The molecule has 2 fully saturated rings. The monoisotopic (exact) mass is 394 g/mol. The van der Waals surface area contributed by atoms with Crippen LogP contribution >= 0.6 is 0 Å². The molecule has 2 amide bonds. The van der Waals surface area contributed by atoms with Gasteiger partial charge < -0.3 is 9.80 Å². The second-order valence-corrected chi connectivity index (χ2v) is 8.97. The summed E-state index contributed by atoms with van der Waals surface area (Å²) in [4.78, 5) is 32.7. The first kappa shape index (κ1) is 23.1. The smallest absolute Gasteiger partial charge is 0.239 e. The molecule has 2 saturated heterocycles. The molecule has 0 unspecified atom stereocenters. The molecule has 2 heterocycles. The van der Waals surface area contributed by atoms with E-state index in [4.69, 9.17) is 0 Å². The van der Waals surface area contributed by atoms with Crippen LogP contribution in [0.15, 0.2) is 0 Å². The third kappa shape index (κ3) is 6.73. The fourth-order valence-electron chi connectivity index (χ4n) is 4.68. The van der Waals surface area contributed by atoms with Gasteiger partial charge in [-0.2, -0.15) is 0 Å². The van der Waals surface area contributed by atoms with Crippen molar-refractivity contribution >= 4 is 11.8 Å². The molecule has 2 aliphatic heterocycles. The summed E-state index contributed by atoms with van der Waals surface area (Å²) < 4.78 is 0. The lowest BCUT2D eigenvalue weighted by Crippen LogP contribution is -2.43. The Morgan fingerprint density at radius 3 is 1.39 bits per heavy atom. The van der Waals surface area contributed by atoms with Crippen LogP contribution in [0.25, 0.3) is 0 Å². The molecule has 0 aromatic heterocycles. The van der Waals surface area contributed by atoms with E-state index in [2.05, 4.69) is 9.80 Å². The third-order valence-electron chi connectivity index (χ3n) is 6.32. The average Bonchev–Trinajstić information content (AvgIpc) is 3.31. The molecule has 0 spiro atoms. The van der Waals surface area contributed by atoms with Gasteiger partial charge in [0.1, 0.15) is 0 Å². The van der Waals surface area contributed by atoms with E-state index in [1.807, 2.05) is 28.2 Å². The lowest BCUT2D eigenvalue weighted by Gasteiger charge is -2.26. The standard InChI is InChI=1S/C22H42N4O2/c1-23(2)21(27)19-13-11-17-25(19)15-9-7-5-6-8-10-16-26-18-12-14-20(26)22(28)24(3)4/h19-20H,5-18H2,1-4H3/t19-,20+. The first-order chi connectivity index (χ1) is 13.4. The fourth-order valence-corrected chi connectivity index (χ4v) is 4.68. The van der Waals surface area contributed by atoms with Crippen LogP contribution < -0.4 is 0 Å². The van der Waals surface area contributed by atoms with Crippen LogP contribution in [0.1, 0.15) is 64.2 Å². The van der Waals surface area contributed by atoms with Gasteiger partial charge in [-0.1, -0.05) is 25.7 Å². The average molecular weight is 395 g/mol. The molecule has 0 radical (unpaired) electrons. The maximum atomic E-state index is 12.2. The highest BCUT2D eigenvalue weighted by Crippen LogP contribution is 2.21. The first-order valence-corrected chi connectivity index (χ1v) is 11.3. The molecule has 0 aromatic carbocycles. The summed E-state index contributed by atoms with van der Waals surface area (Å²) in [7, 11) is 7.44. The summed E-state index contributed by atoms with van der Waals surface area (Å²) in [5.41, 5.74) is 0. The molecule has 162 valence electrons. The zero-order valence-corrected chi connectivity index (χ0v) is 18.7. The van der Waals surface area contributed by atoms with Crippen LogP contribution in [0.3, 0.4) is 0 Å². The van der Waals surface area contributed by atoms with Crippen LogP contribution in [-0.2, 0) is 9.59 Å². The number of carbonyl (C=O) groups excluding carboxylic acids is 2. The molecule has 0 aromatic rings. The van der Waals surface area contributed by atoms with Crippen LogP contribution in [0.5, 0.6) is 0 Å². The van der Waals surface area contributed by atoms with Crippen molar-refractivity contribution in [2.45, 2.75) is 76.3 Å². The first-order valence-electron chi connectivity index (χ1n) is 11.3. The maximum Gasteiger partial charge on any atom is 0.239 e. The van der Waals surface area contributed by atoms with E-state index in [-0.39, 0.29) is 23.9 Å². The Hall–Kier alpha value is -1.14. The van der Waals surface area contributed by atoms with Crippen LogP contribution in [-0.4, -0.2) is 97.9 Å². The lowest BCUT2D eigenvalue weighted by molar-refractivity contribution is -0.134. The number of likely N-dealkylation sites (tertiary alicyclic amines) is 2. The van der Waals surface area contributed by atoms with E-state index in [0.717, 1.165) is 51.9 Å². The van der Waals surface area contributed by atoms with Gasteiger partial charge in [0.05, 0.1) is 12.1 Å². The number of rotatable bonds is 11. The quantitative estimate of drug-likeness (QED) is 0.505. The SMILES string of the molecule is CN(C)C(=O)[C@H]1CCCN1CCCCCCCCN1CCC[C@H]1C(=O)N(C)C. The zero-order chi connectivity index (χ0) is 20.5. The van der Waals surface area contributed by atoms with Crippen LogP contribution in [0.4, 0.5) is 0 Å². The van der Waals surface area contributed by atoms with Gasteiger partial charge in [0.15, 0.2) is 0 Å². The van der Waals surface area contributed by atoms with E-state index < -0.39 is 0 Å². The van der Waals surface area contributed by atoms with Crippen LogP contribution in [0, 0.1) is 0 Å². The van der Waals surface area contributed by atoms with Crippen molar-refractivity contribution in [1.82, 2.24) is 19.6 Å². The summed E-state index contributed by atoms with van der Waals surface area (Å²) in [6.07, 6.45) is 11.8. The van der Waals surface area contributed by atoms with Gasteiger partial charge >= 0.3 is 0 Å². The number of nitrogens with zero attached hydrogens (tertiary/aromatic N) is 4. The molecule has 6 nitrogen and oxygen atoms in total. The molecule has 2 aliphatic rings. The van der Waals surface area contributed by atoms with Crippen molar-refractivity contribution in [1.29, 1.82) is 0 Å². The molecular weight excluding hydrogens is 352 g/mol. The molecule has 0 aliphatic carbocycles. The van der Waals surface area contributed by atoms with Crippen molar-refractivity contribution in [2.24, 2.45) is 0 Å². The van der Waals surface area contributed by atoms with Crippen molar-refractivity contribution in [3.63, 3.8) is 0 Å². The normalized spacial score (nSPS) is 23.3. The Kier molecular flexibility index (Phi) is 9.72. The summed E-state index contributed by atoms with van der Waals surface area (Å²) in [5, 5.41) is 0. The lowest BCUT2D eigenvalue weighted by atomic mass is 10.1. The predicted molar refractivity (Wildman–Crippen MR) is 114 cm³/mol. The number of hydrogen-bond donors (Lipinski definition) is 0. The van der Waals surface area contributed by atoms with E-state index in [0.29, 0.717) is 0 Å². The second kappa shape index (κ2) is 11.8.